The van der Waals surface area contributed by atoms with E-state index in [0.29, 0.717) is 17.0 Å². The third-order valence-electron chi connectivity index (χ3n) is 3.00. The summed E-state index contributed by atoms with van der Waals surface area (Å²) in [7, 11) is 1.45. The molecule has 0 spiro atoms. The van der Waals surface area contributed by atoms with Gasteiger partial charge in [-0.15, -0.1) is 0 Å². The van der Waals surface area contributed by atoms with E-state index in [9.17, 15) is 9.59 Å². The number of anilines is 2. The summed E-state index contributed by atoms with van der Waals surface area (Å²) in [5.41, 5.74) is 6.52. The van der Waals surface area contributed by atoms with Crippen molar-refractivity contribution >= 4 is 34.7 Å². The lowest BCUT2D eigenvalue weighted by Crippen LogP contribution is -2.32. The molecule has 3 heterocycles. The van der Waals surface area contributed by atoms with Crippen molar-refractivity contribution < 1.29 is 9.59 Å². The van der Waals surface area contributed by atoms with Crippen LogP contribution in [-0.4, -0.2) is 49.7 Å². The lowest BCUT2D eigenvalue weighted by atomic mass is 10.2. The van der Waals surface area contributed by atoms with Crippen LogP contribution >= 0.6 is 0 Å². The van der Waals surface area contributed by atoms with Crippen LogP contribution < -0.4 is 11.1 Å². The molecule has 98 valence electrons. The number of rotatable bonds is 2. The van der Waals surface area contributed by atoms with Gasteiger partial charge >= 0.3 is 0 Å². The molecule has 9 nitrogen and oxygen atoms in total. The van der Waals surface area contributed by atoms with Crippen molar-refractivity contribution in [2.75, 3.05) is 18.1 Å². The van der Waals surface area contributed by atoms with Gasteiger partial charge in [-0.25, -0.2) is 4.98 Å². The largest absolute Gasteiger partial charge is 0.368 e. The molecule has 1 aliphatic rings. The zero-order valence-electron chi connectivity index (χ0n) is 10.0. The molecule has 2 amide bonds. The van der Waals surface area contributed by atoms with Gasteiger partial charge in [0.2, 0.25) is 11.9 Å². The smallest absolute Gasteiger partial charge is 0.251 e. The molecule has 1 aliphatic heterocycles. The van der Waals surface area contributed by atoms with E-state index >= 15 is 0 Å². The minimum absolute atomic E-state index is 0.0484. The van der Waals surface area contributed by atoms with Gasteiger partial charge in [-0.1, -0.05) is 0 Å². The van der Waals surface area contributed by atoms with Crippen molar-refractivity contribution in [2.45, 2.75) is 12.5 Å². The SMILES string of the molecule is CN1C(=O)CC(Nc2nc(N)nc3nc[nH]c23)C1=O. The van der Waals surface area contributed by atoms with Crippen LogP contribution in [0.5, 0.6) is 0 Å². The minimum atomic E-state index is -0.640. The molecule has 19 heavy (non-hydrogen) atoms. The van der Waals surface area contributed by atoms with E-state index in [4.69, 9.17) is 5.73 Å². The lowest BCUT2D eigenvalue weighted by molar-refractivity contribution is -0.136. The maximum absolute atomic E-state index is 11.8. The van der Waals surface area contributed by atoms with Crippen molar-refractivity contribution in [2.24, 2.45) is 0 Å². The van der Waals surface area contributed by atoms with Crippen LogP contribution in [0.15, 0.2) is 6.33 Å². The molecule has 9 heteroatoms. The Hall–Kier alpha value is -2.71. The van der Waals surface area contributed by atoms with Crippen LogP contribution in [0.1, 0.15) is 6.42 Å². The summed E-state index contributed by atoms with van der Waals surface area (Å²) in [5.74, 6) is -0.117. The number of nitrogen functional groups attached to an aromatic ring is 1. The molecule has 0 bridgehead atoms. The Morgan fingerprint density at radius 2 is 2.26 bits per heavy atom. The van der Waals surface area contributed by atoms with Gasteiger partial charge in [0.15, 0.2) is 11.5 Å². The topological polar surface area (TPSA) is 130 Å². The Labute approximate surface area is 107 Å². The average Bonchev–Trinajstić information content (AvgIpc) is 2.91. The number of nitrogens with two attached hydrogens (primary N) is 1. The third kappa shape index (κ3) is 1.75. The van der Waals surface area contributed by atoms with E-state index in [1.807, 2.05) is 0 Å². The normalized spacial score (nSPS) is 19.4. The number of imide groups is 1. The van der Waals surface area contributed by atoms with Crippen LogP contribution in [0.2, 0.25) is 0 Å². The Bertz CT molecular complexity index is 680. The molecule has 1 atom stereocenters. The molecule has 3 rings (SSSR count). The fourth-order valence-electron chi connectivity index (χ4n) is 1.99. The highest BCUT2D eigenvalue weighted by Crippen LogP contribution is 2.21. The zero-order valence-corrected chi connectivity index (χ0v) is 10.0. The number of aromatic amines is 1. The van der Waals surface area contributed by atoms with Crippen LogP contribution in [0.3, 0.4) is 0 Å². The Balaban J connectivity index is 1.96. The Kier molecular flexibility index (Phi) is 2.34. The van der Waals surface area contributed by atoms with E-state index in [-0.39, 0.29) is 24.2 Å². The lowest BCUT2D eigenvalue weighted by Gasteiger charge is -2.12. The number of fused-ring (bicyclic) bond motifs is 1. The molecule has 1 fully saturated rings. The van der Waals surface area contributed by atoms with Gasteiger partial charge in [-0.05, 0) is 0 Å². The van der Waals surface area contributed by atoms with Gasteiger partial charge in [-0.3, -0.25) is 14.5 Å². The van der Waals surface area contributed by atoms with Gasteiger partial charge in [0.25, 0.3) is 5.91 Å². The quantitative estimate of drug-likeness (QED) is 0.597. The summed E-state index contributed by atoms with van der Waals surface area (Å²) >= 11 is 0. The number of imidazole rings is 1. The van der Waals surface area contributed by atoms with Crippen molar-refractivity contribution in [3.63, 3.8) is 0 Å². The van der Waals surface area contributed by atoms with Crippen LogP contribution in [0, 0.1) is 0 Å². The highest BCUT2D eigenvalue weighted by atomic mass is 16.2. The summed E-state index contributed by atoms with van der Waals surface area (Å²) < 4.78 is 0. The number of likely N-dealkylation sites (N-methyl/N-ethyl adjacent to an activating group) is 1. The van der Waals surface area contributed by atoms with Crippen molar-refractivity contribution in [1.29, 1.82) is 0 Å². The summed E-state index contributed by atoms with van der Waals surface area (Å²) in [6.45, 7) is 0. The number of nitrogens with one attached hydrogen (secondary N) is 2. The second-order valence-electron chi connectivity index (χ2n) is 4.22. The summed E-state index contributed by atoms with van der Waals surface area (Å²) in [6.07, 6.45) is 1.55. The highest BCUT2D eigenvalue weighted by molar-refractivity contribution is 6.06. The number of carbonyl (C=O) groups excluding carboxylic acids is 2. The van der Waals surface area contributed by atoms with Gasteiger partial charge < -0.3 is 16.0 Å². The monoisotopic (exact) mass is 261 g/mol. The molecule has 0 saturated carbocycles. The van der Waals surface area contributed by atoms with E-state index in [1.54, 1.807) is 0 Å². The molecular weight excluding hydrogens is 250 g/mol. The highest BCUT2D eigenvalue weighted by Gasteiger charge is 2.36. The summed E-state index contributed by atoms with van der Waals surface area (Å²) in [4.78, 5) is 39.2. The van der Waals surface area contributed by atoms with E-state index < -0.39 is 6.04 Å². The van der Waals surface area contributed by atoms with Gasteiger partial charge in [-0.2, -0.15) is 9.97 Å². The molecule has 4 N–H and O–H groups in total. The van der Waals surface area contributed by atoms with E-state index in [0.717, 1.165) is 4.90 Å². The second kappa shape index (κ2) is 3.90. The first-order valence-corrected chi connectivity index (χ1v) is 5.60. The Morgan fingerprint density at radius 1 is 1.47 bits per heavy atom. The molecule has 0 aromatic carbocycles. The number of likely N-dealkylation sites (tertiary alicyclic amines) is 1. The number of amides is 2. The first kappa shape index (κ1) is 11.4. The fourth-order valence-corrected chi connectivity index (χ4v) is 1.99. The number of carbonyl (C=O) groups is 2. The van der Waals surface area contributed by atoms with Crippen LogP contribution in [-0.2, 0) is 9.59 Å². The molecule has 2 aromatic heterocycles. The molecule has 1 unspecified atom stereocenters. The van der Waals surface area contributed by atoms with Crippen molar-refractivity contribution in [1.82, 2.24) is 24.8 Å². The maximum atomic E-state index is 11.8. The molecular formula is C10H11N7O2. The fraction of sp³-hybridized carbons (Fsp3) is 0.300. The summed E-state index contributed by atoms with van der Waals surface area (Å²) in [5, 5.41) is 2.91. The number of H-pyrrole nitrogens is 1. The third-order valence-corrected chi connectivity index (χ3v) is 3.00. The maximum Gasteiger partial charge on any atom is 0.251 e. The predicted molar refractivity (Wildman–Crippen MR) is 65.9 cm³/mol. The molecule has 1 saturated heterocycles. The van der Waals surface area contributed by atoms with Gasteiger partial charge in [0.1, 0.15) is 11.6 Å². The average molecular weight is 261 g/mol. The van der Waals surface area contributed by atoms with Crippen LogP contribution in [0.25, 0.3) is 11.2 Å². The standard InChI is InChI=1S/C10H11N7O2/c1-17-5(18)2-4(9(17)19)14-8-6-7(13-3-12-6)15-10(11)16-8/h3-4H,2H2,1H3,(H4,11,12,13,14,15,16). The first-order valence-electron chi connectivity index (χ1n) is 5.60. The molecule has 0 radical (unpaired) electrons. The number of hydrogen-bond acceptors (Lipinski definition) is 7. The minimum Gasteiger partial charge on any atom is -0.368 e. The van der Waals surface area contributed by atoms with Crippen molar-refractivity contribution in [3.8, 4) is 0 Å². The predicted octanol–water partition coefficient (Wildman–Crippen LogP) is -0.896. The van der Waals surface area contributed by atoms with E-state index in [2.05, 4.69) is 25.3 Å². The number of aromatic nitrogens is 4. The molecule has 2 aromatic rings. The van der Waals surface area contributed by atoms with Crippen LogP contribution in [0.4, 0.5) is 11.8 Å². The molecule has 0 aliphatic carbocycles. The van der Waals surface area contributed by atoms with Crippen molar-refractivity contribution in [3.05, 3.63) is 6.33 Å². The van der Waals surface area contributed by atoms with Gasteiger partial charge in [0.05, 0.1) is 12.7 Å². The summed E-state index contributed by atoms with van der Waals surface area (Å²) in [6, 6.07) is -0.640. The second-order valence-corrected chi connectivity index (χ2v) is 4.22. The first-order chi connectivity index (χ1) is 9.06. The van der Waals surface area contributed by atoms with E-state index in [1.165, 1.54) is 13.4 Å². The Morgan fingerprint density at radius 3 is 2.95 bits per heavy atom. The van der Waals surface area contributed by atoms with Gasteiger partial charge in [0, 0.05) is 7.05 Å². The number of hydrogen-bond donors (Lipinski definition) is 3. The number of nitrogens with zero attached hydrogens (tertiary/aromatic N) is 4. The zero-order chi connectivity index (χ0) is 13.6.